The van der Waals surface area contributed by atoms with Crippen LogP contribution in [0.5, 0.6) is 0 Å². The minimum absolute atomic E-state index is 0. The van der Waals surface area contributed by atoms with Crippen molar-refractivity contribution in [3.8, 4) is 94.7 Å². The molecule has 0 spiro atoms. The summed E-state index contributed by atoms with van der Waals surface area (Å²) in [5.74, 6) is 37.7. The van der Waals surface area contributed by atoms with Crippen LogP contribution >= 0.6 is 7.60 Å². The number of carbonyl (C=O) groups is 1. The van der Waals surface area contributed by atoms with E-state index in [1.54, 1.807) is 6.92 Å². The Bertz CT molecular complexity index is 1170. The second kappa shape index (κ2) is 16.1. The van der Waals surface area contributed by atoms with Crippen molar-refractivity contribution in [1.82, 2.24) is 0 Å². The maximum Gasteiger partial charge on any atom is 1.00 e. The summed E-state index contributed by atoms with van der Waals surface area (Å²) in [6.45, 7) is 1.61. The minimum atomic E-state index is -3.76. The first-order valence-electron chi connectivity index (χ1n) is 7.57. The SMILES string of the molecule is CC#CC#CC#CC#CC#CC#CC#CC#CC(=O)OCC1COP(=O)([O-])C1.[Na+]. The molecular weight excluding hydrogens is 398 g/mol. The van der Waals surface area contributed by atoms with Crippen LogP contribution in [-0.2, 0) is 18.6 Å². The second-order valence-corrected chi connectivity index (χ2v) is 6.52. The molecule has 29 heavy (non-hydrogen) atoms. The van der Waals surface area contributed by atoms with Gasteiger partial charge in [-0.25, -0.2) is 4.79 Å². The number of esters is 1. The fourth-order valence-corrected chi connectivity index (χ4v) is 2.88. The quantitative estimate of drug-likeness (QED) is 0.158. The average molecular weight is 408 g/mol. The van der Waals surface area contributed by atoms with E-state index in [9.17, 15) is 14.3 Å². The van der Waals surface area contributed by atoms with Crippen molar-refractivity contribution in [2.75, 3.05) is 19.4 Å². The van der Waals surface area contributed by atoms with Gasteiger partial charge >= 0.3 is 35.5 Å². The van der Waals surface area contributed by atoms with E-state index in [1.165, 1.54) is 0 Å². The van der Waals surface area contributed by atoms with Crippen molar-refractivity contribution >= 4 is 13.6 Å². The summed E-state index contributed by atoms with van der Waals surface area (Å²) in [6, 6.07) is 0. The van der Waals surface area contributed by atoms with E-state index in [-0.39, 0.29) is 54.9 Å². The zero-order valence-corrected chi connectivity index (χ0v) is 18.6. The molecule has 1 heterocycles. The van der Waals surface area contributed by atoms with Crippen LogP contribution in [0.4, 0.5) is 0 Å². The van der Waals surface area contributed by atoms with Crippen molar-refractivity contribution < 1.29 is 53.1 Å². The van der Waals surface area contributed by atoms with Gasteiger partial charge in [-0.2, -0.15) is 0 Å². The average Bonchev–Trinajstić information content (AvgIpc) is 3.02. The van der Waals surface area contributed by atoms with E-state index in [4.69, 9.17) is 4.74 Å². The largest absolute Gasteiger partial charge is 1.00 e. The van der Waals surface area contributed by atoms with E-state index in [1.807, 2.05) is 0 Å². The molecule has 7 heteroatoms. The molecule has 2 unspecified atom stereocenters. The Hall–Kier alpha value is -2.90. The molecule has 0 aromatic carbocycles. The second-order valence-electron chi connectivity index (χ2n) is 4.68. The molecule has 0 N–H and O–H groups in total. The number of rotatable bonds is 2. The first-order chi connectivity index (χ1) is 13.5. The first kappa shape index (κ1) is 26.1. The van der Waals surface area contributed by atoms with Gasteiger partial charge in [0.1, 0.15) is 7.60 Å². The number of hydrogen-bond acceptors (Lipinski definition) is 5. The van der Waals surface area contributed by atoms with Gasteiger partial charge in [0.05, 0.1) is 13.2 Å². The molecule has 1 rings (SSSR count). The molecule has 0 saturated carbocycles. The van der Waals surface area contributed by atoms with Gasteiger partial charge in [-0.3, -0.25) is 0 Å². The van der Waals surface area contributed by atoms with Gasteiger partial charge in [0.2, 0.25) is 0 Å². The van der Waals surface area contributed by atoms with E-state index in [2.05, 4.69) is 99.3 Å². The maximum atomic E-state index is 11.3. The molecule has 1 saturated heterocycles. The summed E-state index contributed by atoms with van der Waals surface area (Å²) in [6.07, 6.45) is -0.149. The summed E-state index contributed by atoms with van der Waals surface area (Å²) in [5, 5.41) is 0. The molecule has 2 atom stereocenters. The van der Waals surface area contributed by atoms with Gasteiger partial charge in [0.15, 0.2) is 0 Å². The predicted octanol–water partition coefficient (Wildman–Crippen LogP) is -3.22. The molecule has 134 valence electrons. The van der Waals surface area contributed by atoms with Gasteiger partial charge in [0.25, 0.3) is 0 Å². The van der Waals surface area contributed by atoms with Crippen LogP contribution in [0, 0.1) is 101 Å². The van der Waals surface area contributed by atoms with Crippen LogP contribution in [0.3, 0.4) is 0 Å². The van der Waals surface area contributed by atoms with Crippen LogP contribution in [0.1, 0.15) is 6.92 Å². The fourth-order valence-electron chi connectivity index (χ4n) is 1.49. The smallest absolute Gasteiger partial charge is 0.778 e. The van der Waals surface area contributed by atoms with Crippen molar-refractivity contribution in [1.29, 1.82) is 0 Å². The Morgan fingerprint density at radius 2 is 1.38 bits per heavy atom. The summed E-state index contributed by atoms with van der Waals surface area (Å²) in [7, 11) is -3.76. The Morgan fingerprint density at radius 1 is 0.931 bits per heavy atom. The normalized spacial score (nSPS) is 16.7. The van der Waals surface area contributed by atoms with Crippen molar-refractivity contribution in [3.05, 3.63) is 0 Å². The van der Waals surface area contributed by atoms with Crippen LogP contribution in [0.2, 0.25) is 0 Å². The molecule has 1 aliphatic rings. The van der Waals surface area contributed by atoms with E-state index in [0.29, 0.717) is 0 Å². The van der Waals surface area contributed by atoms with E-state index < -0.39 is 13.6 Å². The fraction of sp³-hybridized carbons (Fsp3) is 0.227. The van der Waals surface area contributed by atoms with Crippen LogP contribution in [-0.4, -0.2) is 25.3 Å². The Balaban J connectivity index is 0.00000784. The van der Waals surface area contributed by atoms with Gasteiger partial charge in [0, 0.05) is 18.0 Å². The zero-order valence-electron chi connectivity index (χ0n) is 15.7. The van der Waals surface area contributed by atoms with Crippen molar-refractivity contribution in [2.45, 2.75) is 6.92 Å². The molecular formula is C22H10NaO5P. The Labute approximate surface area is 192 Å². The van der Waals surface area contributed by atoms with Gasteiger partial charge in [-0.1, -0.05) is 5.92 Å². The Morgan fingerprint density at radius 3 is 1.79 bits per heavy atom. The monoisotopic (exact) mass is 408 g/mol. The molecule has 5 nitrogen and oxygen atoms in total. The van der Waals surface area contributed by atoms with E-state index >= 15 is 0 Å². The van der Waals surface area contributed by atoms with Crippen LogP contribution < -0.4 is 34.5 Å². The molecule has 1 fully saturated rings. The molecule has 0 amide bonds. The summed E-state index contributed by atoms with van der Waals surface area (Å²) in [4.78, 5) is 22.4. The van der Waals surface area contributed by atoms with Gasteiger partial charge in [-0.05, 0) is 89.8 Å². The zero-order chi connectivity index (χ0) is 20.5. The van der Waals surface area contributed by atoms with Crippen LogP contribution in [0.25, 0.3) is 0 Å². The summed E-state index contributed by atoms with van der Waals surface area (Å²) in [5.41, 5.74) is 0. The maximum absolute atomic E-state index is 11.3. The van der Waals surface area contributed by atoms with Gasteiger partial charge < -0.3 is 18.7 Å². The van der Waals surface area contributed by atoms with Gasteiger partial charge in [-0.15, -0.1) is 0 Å². The van der Waals surface area contributed by atoms with E-state index in [0.717, 1.165) is 0 Å². The topological polar surface area (TPSA) is 75.7 Å². The third kappa shape index (κ3) is 14.8. The molecule has 0 aromatic heterocycles. The third-order valence-corrected chi connectivity index (χ3v) is 4.05. The first-order valence-corrected chi connectivity index (χ1v) is 9.30. The summed E-state index contributed by atoms with van der Waals surface area (Å²) >= 11 is 0. The van der Waals surface area contributed by atoms with Crippen LogP contribution in [0.15, 0.2) is 0 Å². The van der Waals surface area contributed by atoms with Crippen molar-refractivity contribution in [3.63, 3.8) is 0 Å². The number of ether oxygens (including phenoxy) is 1. The molecule has 1 aliphatic heterocycles. The Kier molecular flexibility index (Phi) is 14.5. The number of hydrogen-bond donors (Lipinski definition) is 0. The third-order valence-electron chi connectivity index (χ3n) is 2.54. The predicted molar refractivity (Wildman–Crippen MR) is 101 cm³/mol. The standard InChI is InChI=1S/C22H11O5P.Na/c1-2-3-4-5-6-7-8-9-10-11-12-13-14-15-16-17-22(23)26-18-21-19-27-28(24,25)20-21;/h21H,18-20H2,1H3,(H,24,25);/q;+1/p-1. The molecule has 0 bridgehead atoms. The molecule has 0 radical (unpaired) electrons. The molecule has 0 aromatic rings. The minimum Gasteiger partial charge on any atom is -0.778 e. The summed E-state index contributed by atoms with van der Waals surface area (Å²) < 4.78 is 20.5. The molecule has 0 aliphatic carbocycles. The number of carbonyl (C=O) groups excluding carboxylic acids is 1. The van der Waals surface area contributed by atoms with Crippen molar-refractivity contribution in [2.24, 2.45) is 5.92 Å².